The van der Waals surface area contributed by atoms with Crippen molar-refractivity contribution in [3.63, 3.8) is 0 Å². The predicted octanol–water partition coefficient (Wildman–Crippen LogP) is 3.19. The van der Waals surface area contributed by atoms with Crippen molar-refractivity contribution in [3.05, 3.63) is 33.3 Å². The molecule has 0 N–H and O–H groups in total. The number of rotatable bonds is 2. The Morgan fingerprint density at radius 1 is 1.57 bits per heavy atom. The van der Waals surface area contributed by atoms with Crippen LogP contribution in [0.2, 0.25) is 5.02 Å². The van der Waals surface area contributed by atoms with Gasteiger partial charge in [0, 0.05) is 23.6 Å². The van der Waals surface area contributed by atoms with E-state index in [0.29, 0.717) is 17.1 Å². The van der Waals surface area contributed by atoms with E-state index < -0.39 is 0 Å². The number of carbonyl (C=O) groups is 1. The summed E-state index contributed by atoms with van der Waals surface area (Å²) in [6.45, 7) is 2.63. The fourth-order valence-corrected chi connectivity index (χ4v) is 1.49. The van der Waals surface area contributed by atoms with E-state index in [-0.39, 0.29) is 5.91 Å². The van der Waals surface area contributed by atoms with Crippen molar-refractivity contribution in [3.8, 4) is 0 Å². The van der Waals surface area contributed by atoms with Crippen molar-refractivity contribution in [1.82, 2.24) is 4.90 Å². The van der Waals surface area contributed by atoms with Crippen LogP contribution in [0.25, 0.3) is 0 Å². The molecule has 0 bridgehead atoms. The number of hydrogen-bond donors (Lipinski definition) is 0. The van der Waals surface area contributed by atoms with Gasteiger partial charge in [0.25, 0.3) is 5.91 Å². The van der Waals surface area contributed by atoms with Crippen LogP contribution in [0.15, 0.2) is 22.7 Å². The third-order valence-corrected chi connectivity index (χ3v) is 3.20. The number of halogens is 2. The molecule has 1 aromatic rings. The van der Waals surface area contributed by atoms with Crippen LogP contribution in [0, 0.1) is 0 Å². The van der Waals surface area contributed by atoms with Gasteiger partial charge in [0.2, 0.25) is 0 Å². The Morgan fingerprint density at radius 2 is 2.21 bits per heavy atom. The fourth-order valence-electron chi connectivity index (χ4n) is 0.993. The molecule has 0 saturated heterocycles. The SMILES string of the molecule is CCN(C)C(=O)c1ccc(Cl)c(Br)c1. The molecule has 0 radical (unpaired) electrons. The van der Waals surface area contributed by atoms with E-state index in [4.69, 9.17) is 11.6 Å². The van der Waals surface area contributed by atoms with Gasteiger partial charge in [-0.15, -0.1) is 0 Å². The lowest BCUT2D eigenvalue weighted by atomic mass is 10.2. The predicted molar refractivity (Wildman–Crippen MR) is 61.8 cm³/mol. The van der Waals surface area contributed by atoms with Gasteiger partial charge in [-0.3, -0.25) is 4.79 Å². The van der Waals surface area contributed by atoms with E-state index in [0.717, 1.165) is 4.47 Å². The summed E-state index contributed by atoms with van der Waals surface area (Å²) in [6.07, 6.45) is 0. The number of carbonyl (C=O) groups excluding carboxylic acids is 1. The highest BCUT2D eigenvalue weighted by Gasteiger charge is 2.10. The van der Waals surface area contributed by atoms with Gasteiger partial charge in [-0.1, -0.05) is 11.6 Å². The van der Waals surface area contributed by atoms with Crippen LogP contribution in [-0.2, 0) is 0 Å². The molecular formula is C10H11BrClNO. The van der Waals surface area contributed by atoms with Gasteiger partial charge in [-0.05, 0) is 41.1 Å². The van der Waals surface area contributed by atoms with Crippen molar-refractivity contribution in [2.24, 2.45) is 0 Å². The lowest BCUT2D eigenvalue weighted by Crippen LogP contribution is -2.26. The molecule has 14 heavy (non-hydrogen) atoms. The standard InChI is InChI=1S/C10H11BrClNO/c1-3-13(2)10(14)7-4-5-9(12)8(11)6-7/h4-6H,3H2,1-2H3. The second kappa shape index (κ2) is 4.80. The average molecular weight is 277 g/mol. The summed E-state index contributed by atoms with van der Waals surface area (Å²) in [5.74, 6) is 0.00451. The third-order valence-electron chi connectivity index (χ3n) is 1.99. The molecule has 1 aromatic carbocycles. The van der Waals surface area contributed by atoms with Gasteiger partial charge >= 0.3 is 0 Å². The van der Waals surface area contributed by atoms with Gasteiger partial charge in [-0.25, -0.2) is 0 Å². The van der Waals surface area contributed by atoms with E-state index in [1.165, 1.54) is 0 Å². The monoisotopic (exact) mass is 275 g/mol. The molecule has 0 aliphatic rings. The molecule has 0 heterocycles. The first-order valence-corrected chi connectivity index (χ1v) is 5.44. The molecule has 0 aliphatic carbocycles. The van der Waals surface area contributed by atoms with Crippen LogP contribution in [0.5, 0.6) is 0 Å². The summed E-state index contributed by atoms with van der Waals surface area (Å²) >= 11 is 9.11. The van der Waals surface area contributed by atoms with Crippen LogP contribution >= 0.6 is 27.5 Å². The first kappa shape index (κ1) is 11.5. The largest absolute Gasteiger partial charge is 0.342 e. The van der Waals surface area contributed by atoms with Gasteiger partial charge in [-0.2, -0.15) is 0 Å². The van der Waals surface area contributed by atoms with Gasteiger partial charge in [0.1, 0.15) is 0 Å². The molecule has 76 valence electrons. The molecule has 4 heteroatoms. The van der Waals surface area contributed by atoms with E-state index in [1.807, 2.05) is 6.92 Å². The molecule has 0 aromatic heterocycles. The molecule has 0 saturated carbocycles. The Morgan fingerprint density at radius 3 is 2.71 bits per heavy atom. The average Bonchev–Trinajstić information content (AvgIpc) is 2.20. The van der Waals surface area contributed by atoms with Crippen molar-refractivity contribution < 1.29 is 4.79 Å². The summed E-state index contributed by atoms with van der Waals surface area (Å²) in [6, 6.07) is 5.17. The minimum absolute atomic E-state index is 0.00451. The Kier molecular flexibility index (Phi) is 3.96. The van der Waals surface area contributed by atoms with E-state index in [1.54, 1.807) is 30.1 Å². The second-order valence-electron chi connectivity index (χ2n) is 2.95. The smallest absolute Gasteiger partial charge is 0.253 e. The third kappa shape index (κ3) is 2.49. The Hall–Kier alpha value is -0.540. The zero-order valence-electron chi connectivity index (χ0n) is 8.05. The van der Waals surface area contributed by atoms with E-state index >= 15 is 0 Å². The summed E-state index contributed by atoms with van der Waals surface area (Å²) in [5, 5.41) is 0.612. The van der Waals surface area contributed by atoms with Crippen LogP contribution in [0.1, 0.15) is 17.3 Å². The fraction of sp³-hybridized carbons (Fsp3) is 0.300. The molecule has 0 spiro atoms. The van der Waals surface area contributed by atoms with Crippen molar-refractivity contribution in [2.45, 2.75) is 6.92 Å². The number of nitrogens with zero attached hydrogens (tertiary/aromatic N) is 1. The number of hydrogen-bond acceptors (Lipinski definition) is 1. The zero-order valence-corrected chi connectivity index (χ0v) is 10.4. The quantitative estimate of drug-likeness (QED) is 0.812. The Balaban J connectivity index is 2.97. The van der Waals surface area contributed by atoms with E-state index in [2.05, 4.69) is 15.9 Å². The molecule has 0 atom stereocenters. The number of benzene rings is 1. The molecule has 1 amide bonds. The Labute approximate surface area is 97.0 Å². The molecule has 2 nitrogen and oxygen atoms in total. The van der Waals surface area contributed by atoms with E-state index in [9.17, 15) is 4.79 Å². The van der Waals surface area contributed by atoms with Gasteiger partial charge in [0.15, 0.2) is 0 Å². The highest BCUT2D eigenvalue weighted by Crippen LogP contribution is 2.23. The highest BCUT2D eigenvalue weighted by molar-refractivity contribution is 9.10. The normalized spacial score (nSPS) is 10.0. The second-order valence-corrected chi connectivity index (χ2v) is 4.21. The van der Waals surface area contributed by atoms with Gasteiger partial charge < -0.3 is 4.90 Å². The summed E-state index contributed by atoms with van der Waals surface area (Å²) in [4.78, 5) is 13.3. The number of amides is 1. The van der Waals surface area contributed by atoms with Crippen molar-refractivity contribution in [1.29, 1.82) is 0 Å². The molecule has 0 aliphatic heterocycles. The van der Waals surface area contributed by atoms with Crippen LogP contribution in [0.3, 0.4) is 0 Å². The Bertz CT molecular complexity index is 354. The van der Waals surface area contributed by atoms with Gasteiger partial charge in [0.05, 0.1) is 5.02 Å². The summed E-state index contributed by atoms with van der Waals surface area (Å²) in [7, 11) is 1.77. The van der Waals surface area contributed by atoms with Crippen molar-refractivity contribution >= 4 is 33.4 Å². The maximum atomic E-state index is 11.7. The minimum atomic E-state index is 0.00451. The van der Waals surface area contributed by atoms with Crippen molar-refractivity contribution in [2.75, 3.05) is 13.6 Å². The highest BCUT2D eigenvalue weighted by atomic mass is 79.9. The summed E-state index contributed by atoms with van der Waals surface area (Å²) < 4.78 is 0.745. The molecule has 0 fully saturated rings. The maximum absolute atomic E-state index is 11.7. The molecule has 1 rings (SSSR count). The first-order valence-electron chi connectivity index (χ1n) is 4.26. The van der Waals surface area contributed by atoms with Crippen LogP contribution in [-0.4, -0.2) is 24.4 Å². The zero-order chi connectivity index (χ0) is 10.7. The summed E-state index contributed by atoms with van der Waals surface area (Å²) in [5.41, 5.74) is 0.644. The van der Waals surface area contributed by atoms with Crippen LogP contribution < -0.4 is 0 Å². The topological polar surface area (TPSA) is 20.3 Å². The molecule has 0 unspecified atom stereocenters. The molecular weight excluding hydrogens is 265 g/mol. The lowest BCUT2D eigenvalue weighted by molar-refractivity contribution is 0.0802. The lowest BCUT2D eigenvalue weighted by Gasteiger charge is -2.14. The first-order chi connectivity index (χ1) is 6.56. The minimum Gasteiger partial charge on any atom is -0.342 e. The maximum Gasteiger partial charge on any atom is 0.253 e. The van der Waals surface area contributed by atoms with Crippen LogP contribution in [0.4, 0.5) is 0 Å².